The lowest BCUT2D eigenvalue weighted by molar-refractivity contribution is -0.149. The van der Waals surface area contributed by atoms with E-state index in [4.69, 9.17) is 9.84 Å². The number of hydrogen-bond donors (Lipinski definition) is 3. The fourth-order valence-electron chi connectivity index (χ4n) is 1.62. The fraction of sp³-hybridized carbons (Fsp3) is 0.818. The van der Waals surface area contributed by atoms with E-state index in [1.54, 1.807) is 0 Å². The number of carboxylic acids is 1. The Morgan fingerprint density at radius 3 is 2.71 bits per heavy atom. The number of carbonyl (C=O) groups excluding carboxylic acids is 1. The molecule has 0 radical (unpaired) electrons. The monoisotopic (exact) mass is 244 g/mol. The number of rotatable bonds is 5. The average Bonchev–Trinajstić information content (AvgIpc) is 2.75. The van der Waals surface area contributed by atoms with Crippen molar-refractivity contribution in [1.82, 2.24) is 10.6 Å². The van der Waals surface area contributed by atoms with Gasteiger partial charge in [0.25, 0.3) is 0 Å². The molecule has 1 aliphatic rings. The van der Waals surface area contributed by atoms with Crippen LogP contribution in [0.3, 0.4) is 0 Å². The van der Waals surface area contributed by atoms with Gasteiger partial charge in [0.1, 0.15) is 0 Å². The van der Waals surface area contributed by atoms with E-state index in [1.165, 1.54) is 0 Å². The molecule has 1 saturated heterocycles. The summed E-state index contributed by atoms with van der Waals surface area (Å²) in [5.74, 6) is -0.934. The summed E-state index contributed by atoms with van der Waals surface area (Å²) in [6.45, 7) is 4.26. The molecular formula is C11H20N2O4. The summed E-state index contributed by atoms with van der Waals surface area (Å²) in [6, 6.07) is -0.104. The maximum absolute atomic E-state index is 11.4. The number of hydrogen-bond acceptors (Lipinski definition) is 3. The van der Waals surface area contributed by atoms with Crippen LogP contribution in [0.25, 0.3) is 0 Å². The highest BCUT2D eigenvalue weighted by molar-refractivity contribution is 5.74. The Labute approximate surface area is 101 Å². The van der Waals surface area contributed by atoms with Crippen molar-refractivity contribution in [3.8, 4) is 0 Å². The number of nitrogens with one attached hydrogen (secondary N) is 2. The van der Waals surface area contributed by atoms with Gasteiger partial charge in [-0.2, -0.15) is 0 Å². The van der Waals surface area contributed by atoms with E-state index in [2.05, 4.69) is 10.6 Å². The second kappa shape index (κ2) is 6.44. The Morgan fingerprint density at radius 2 is 2.18 bits per heavy atom. The van der Waals surface area contributed by atoms with Crippen LogP contribution in [-0.2, 0) is 9.53 Å². The van der Waals surface area contributed by atoms with Crippen LogP contribution in [0.4, 0.5) is 4.79 Å². The second-order valence-electron chi connectivity index (χ2n) is 4.33. The minimum atomic E-state index is -0.934. The largest absolute Gasteiger partial charge is 0.479 e. The predicted molar refractivity (Wildman–Crippen MR) is 61.8 cm³/mol. The van der Waals surface area contributed by atoms with Crippen LogP contribution >= 0.6 is 0 Å². The van der Waals surface area contributed by atoms with Gasteiger partial charge in [-0.05, 0) is 26.2 Å². The third-order valence-electron chi connectivity index (χ3n) is 2.86. The lowest BCUT2D eigenvalue weighted by Gasteiger charge is -2.15. The molecule has 0 aromatic rings. The molecule has 98 valence electrons. The van der Waals surface area contributed by atoms with Crippen molar-refractivity contribution >= 4 is 12.0 Å². The third kappa shape index (κ3) is 4.60. The van der Waals surface area contributed by atoms with Gasteiger partial charge in [-0.3, -0.25) is 0 Å². The quantitative estimate of drug-likeness (QED) is 0.665. The summed E-state index contributed by atoms with van der Waals surface area (Å²) in [5.41, 5.74) is 0. The van der Waals surface area contributed by atoms with Gasteiger partial charge in [-0.15, -0.1) is 0 Å². The Bertz CT molecular complexity index is 283. The summed E-state index contributed by atoms with van der Waals surface area (Å²) in [7, 11) is 0. The smallest absolute Gasteiger partial charge is 0.332 e. The topological polar surface area (TPSA) is 87.7 Å². The summed E-state index contributed by atoms with van der Waals surface area (Å²) >= 11 is 0. The standard InChI is InChI=1S/C11H20N2O4/c1-3-7(2)13-11(16)12-6-8-4-5-9(17-8)10(14)15/h7-9H,3-6H2,1-2H3,(H,14,15)(H2,12,13,16). The van der Waals surface area contributed by atoms with Crippen LogP contribution in [0.2, 0.25) is 0 Å². The molecule has 1 fully saturated rings. The van der Waals surface area contributed by atoms with Crippen LogP contribution in [0.5, 0.6) is 0 Å². The average molecular weight is 244 g/mol. The first-order valence-electron chi connectivity index (χ1n) is 5.95. The molecule has 17 heavy (non-hydrogen) atoms. The van der Waals surface area contributed by atoms with Gasteiger partial charge in [-0.25, -0.2) is 9.59 Å². The van der Waals surface area contributed by atoms with Crippen LogP contribution in [-0.4, -0.2) is 41.9 Å². The zero-order valence-electron chi connectivity index (χ0n) is 10.2. The molecule has 6 heteroatoms. The highest BCUT2D eigenvalue weighted by Crippen LogP contribution is 2.19. The molecule has 0 spiro atoms. The second-order valence-corrected chi connectivity index (χ2v) is 4.33. The normalized spacial score (nSPS) is 25.3. The van der Waals surface area contributed by atoms with Gasteiger partial charge in [-0.1, -0.05) is 6.92 Å². The van der Waals surface area contributed by atoms with E-state index >= 15 is 0 Å². The summed E-state index contributed by atoms with van der Waals surface area (Å²) in [4.78, 5) is 22.0. The Balaban J connectivity index is 2.19. The number of urea groups is 1. The van der Waals surface area contributed by atoms with Crippen molar-refractivity contribution in [2.75, 3.05) is 6.54 Å². The minimum absolute atomic E-state index is 0.131. The van der Waals surface area contributed by atoms with Gasteiger partial charge >= 0.3 is 12.0 Å². The summed E-state index contributed by atoms with van der Waals surface area (Å²) < 4.78 is 5.26. The van der Waals surface area contributed by atoms with Crippen molar-refractivity contribution in [3.05, 3.63) is 0 Å². The van der Waals surface area contributed by atoms with Crippen molar-refractivity contribution in [2.24, 2.45) is 0 Å². The van der Waals surface area contributed by atoms with E-state index in [0.29, 0.717) is 19.4 Å². The van der Waals surface area contributed by atoms with E-state index in [0.717, 1.165) is 6.42 Å². The molecule has 0 aromatic carbocycles. The van der Waals surface area contributed by atoms with Gasteiger partial charge in [0.05, 0.1) is 6.10 Å². The Morgan fingerprint density at radius 1 is 1.47 bits per heavy atom. The van der Waals surface area contributed by atoms with E-state index in [-0.39, 0.29) is 18.2 Å². The van der Waals surface area contributed by atoms with Crippen LogP contribution < -0.4 is 10.6 Å². The number of ether oxygens (including phenoxy) is 1. The van der Waals surface area contributed by atoms with Gasteiger partial charge < -0.3 is 20.5 Å². The van der Waals surface area contributed by atoms with Crippen molar-refractivity contribution in [2.45, 2.75) is 51.4 Å². The molecule has 1 rings (SSSR count). The molecular weight excluding hydrogens is 224 g/mol. The van der Waals surface area contributed by atoms with Gasteiger partial charge in [0, 0.05) is 12.6 Å². The SMILES string of the molecule is CCC(C)NC(=O)NCC1CCC(C(=O)O)O1. The zero-order chi connectivity index (χ0) is 12.8. The van der Waals surface area contributed by atoms with Crippen LogP contribution in [0, 0.1) is 0 Å². The van der Waals surface area contributed by atoms with Crippen LogP contribution in [0.1, 0.15) is 33.1 Å². The molecule has 0 aromatic heterocycles. The molecule has 1 heterocycles. The highest BCUT2D eigenvalue weighted by atomic mass is 16.5. The van der Waals surface area contributed by atoms with E-state index in [1.807, 2.05) is 13.8 Å². The summed E-state index contributed by atoms with van der Waals surface area (Å²) in [6.07, 6.45) is 1.13. The number of carbonyl (C=O) groups is 2. The molecule has 3 N–H and O–H groups in total. The Hall–Kier alpha value is -1.30. The lowest BCUT2D eigenvalue weighted by Crippen LogP contribution is -2.43. The fourth-order valence-corrected chi connectivity index (χ4v) is 1.62. The number of carboxylic acid groups (broad SMARTS) is 1. The first-order chi connectivity index (χ1) is 8.02. The molecule has 2 amide bonds. The molecule has 3 atom stereocenters. The third-order valence-corrected chi connectivity index (χ3v) is 2.86. The lowest BCUT2D eigenvalue weighted by atomic mass is 10.2. The molecule has 6 nitrogen and oxygen atoms in total. The number of amides is 2. The Kier molecular flexibility index (Phi) is 5.21. The summed E-state index contributed by atoms with van der Waals surface area (Å²) in [5, 5.41) is 14.2. The molecule has 3 unspecified atom stereocenters. The van der Waals surface area contributed by atoms with E-state index < -0.39 is 12.1 Å². The minimum Gasteiger partial charge on any atom is -0.479 e. The molecule has 0 saturated carbocycles. The predicted octanol–water partition coefficient (Wildman–Crippen LogP) is 0.716. The highest BCUT2D eigenvalue weighted by Gasteiger charge is 2.30. The first-order valence-corrected chi connectivity index (χ1v) is 5.95. The molecule has 1 aliphatic heterocycles. The van der Waals surface area contributed by atoms with Crippen molar-refractivity contribution in [3.63, 3.8) is 0 Å². The van der Waals surface area contributed by atoms with Crippen molar-refractivity contribution in [1.29, 1.82) is 0 Å². The zero-order valence-corrected chi connectivity index (χ0v) is 10.2. The molecule has 0 bridgehead atoms. The molecule has 0 aliphatic carbocycles. The maximum Gasteiger partial charge on any atom is 0.332 e. The number of aliphatic carboxylic acids is 1. The van der Waals surface area contributed by atoms with E-state index in [9.17, 15) is 9.59 Å². The van der Waals surface area contributed by atoms with Crippen LogP contribution in [0.15, 0.2) is 0 Å². The van der Waals surface area contributed by atoms with Gasteiger partial charge in [0.2, 0.25) is 0 Å². The first kappa shape index (κ1) is 13.8. The van der Waals surface area contributed by atoms with Gasteiger partial charge in [0.15, 0.2) is 6.10 Å². The van der Waals surface area contributed by atoms with Crippen molar-refractivity contribution < 1.29 is 19.4 Å². The maximum atomic E-state index is 11.4.